The van der Waals surface area contributed by atoms with Crippen molar-refractivity contribution >= 4 is 11.8 Å². The fourth-order valence-corrected chi connectivity index (χ4v) is 3.02. The molecule has 0 aliphatic carbocycles. The average molecular weight is 288 g/mol. The zero-order chi connectivity index (χ0) is 15.9. The molecule has 0 bridgehead atoms. The zero-order valence-corrected chi connectivity index (χ0v) is 13.8. The van der Waals surface area contributed by atoms with Crippen LogP contribution in [0.3, 0.4) is 0 Å². The van der Waals surface area contributed by atoms with E-state index in [1.807, 2.05) is 13.8 Å². The Hall–Kier alpha value is -1.84. The first-order valence-corrected chi connectivity index (χ1v) is 7.43. The van der Waals surface area contributed by atoms with Crippen LogP contribution in [0.2, 0.25) is 0 Å². The second kappa shape index (κ2) is 5.51. The molecule has 1 aromatic carbocycles. The Bertz CT molecular complexity index is 591. The molecular weight excluding hydrogens is 264 g/mol. The summed E-state index contributed by atoms with van der Waals surface area (Å²) in [6, 6.07) is -0.410. The Morgan fingerprint density at radius 3 is 2.00 bits per heavy atom. The molecule has 0 unspecified atom stereocenters. The maximum Gasteiger partial charge on any atom is 0.255 e. The summed E-state index contributed by atoms with van der Waals surface area (Å²) in [7, 11) is 0. The van der Waals surface area contributed by atoms with E-state index in [4.69, 9.17) is 0 Å². The van der Waals surface area contributed by atoms with Crippen molar-refractivity contribution < 1.29 is 9.59 Å². The van der Waals surface area contributed by atoms with Crippen molar-refractivity contribution in [1.29, 1.82) is 0 Å². The second-order valence-electron chi connectivity index (χ2n) is 5.97. The Morgan fingerprint density at radius 1 is 1.00 bits per heavy atom. The van der Waals surface area contributed by atoms with Crippen molar-refractivity contribution in [3.05, 3.63) is 33.4 Å². The molecule has 1 atom stereocenters. The van der Waals surface area contributed by atoms with Gasteiger partial charge in [-0.2, -0.15) is 0 Å². The van der Waals surface area contributed by atoms with Crippen molar-refractivity contribution in [3.63, 3.8) is 0 Å². The van der Waals surface area contributed by atoms with Crippen LogP contribution in [-0.4, -0.2) is 35.8 Å². The number of carbonyl (C=O) groups is 2. The van der Waals surface area contributed by atoms with E-state index in [1.54, 1.807) is 11.8 Å². The van der Waals surface area contributed by atoms with E-state index in [9.17, 15) is 9.59 Å². The van der Waals surface area contributed by atoms with Gasteiger partial charge in [-0.3, -0.25) is 9.59 Å². The van der Waals surface area contributed by atoms with Gasteiger partial charge in [0, 0.05) is 18.7 Å². The van der Waals surface area contributed by atoms with Crippen LogP contribution >= 0.6 is 0 Å². The maximum absolute atomic E-state index is 13.0. The Balaban J connectivity index is 2.52. The number of carbonyl (C=O) groups excluding carboxylic acids is 2. The second-order valence-corrected chi connectivity index (χ2v) is 5.97. The molecule has 114 valence electrons. The molecule has 4 heteroatoms. The van der Waals surface area contributed by atoms with Crippen molar-refractivity contribution in [3.8, 4) is 0 Å². The zero-order valence-electron chi connectivity index (χ0n) is 13.8. The summed E-state index contributed by atoms with van der Waals surface area (Å²) in [5.41, 5.74) is 6.38. The molecule has 1 aromatic rings. The summed E-state index contributed by atoms with van der Waals surface area (Å²) in [6.07, 6.45) is 0. The minimum Gasteiger partial charge on any atom is -0.353 e. The van der Waals surface area contributed by atoms with Crippen molar-refractivity contribution in [2.75, 3.05) is 13.1 Å². The first kappa shape index (κ1) is 15.5. The van der Waals surface area contributed by atoms with Gasteiger partial charge < -0.3 is 10.2 Å². The average Bonchev–Trinajstić information content (AvgIpc) is 2.46. The van der Waals surface area contributed by atoms with Gasteiger partial charge in [-0.25, -0.2) is 0 Å². The highest BCUT2D eigenvalue weighted by Crippen LogP contribution is 2.27. The van der Waals surface area contributed by atoms with E-state index in [2.05, 4.69) is 26.1 Å². The van der Waals surface area contributed by atoms with Crippen LogP contribution in [-0.2, 0) is 4.79 Å². The minimum atomic E-state index is -0.410. The molecule has 1 saturated heterocycles. The molecule has 2 rings (SSSR count). The lowest BCUT2D eigenvalue weighted by Gasteiger charge is -2.34. The van der Waals surface area contributed by atoms with E-state index in [0.717, 1.165) is 27.8 Å². The van der Waals surface area contributed by atoms with Gasteiger partial charge in [0.1, 0.15) is 6.04 Å². The number of rotatable bonds is 1. The third-order valence-corrected chi connectivity index (χ3v) is 4.97. The van der Waals surface area contributed by atoms with E-state index >= 15 is 0 Å². The van der Waals surface area contributed by atoms with Crippen LogP contribution in [0.5, 0.6) is 0 Å². The predicted octanol–water partition coefficient (Wildman–Crippen LogP) is 2.19. The van der Waals surface area contributed by atoms with E-state index in [-0.39, 0.29) is 11.8 Å². The third kappa shape index (κ3) is 2.43. The van der Waals surface area contributed by atoms with Gasteiger partial charge in [0.2, 0.25) is 5.91 Å². The third-order valence-electron chi connectivity index (χ3n) is 4.97. The first-order valence-electron chi connectivity index (χ1n) is 7.43. The lowest BCUT2D eigenvalue weighted by molar-refractivity contribution is -0.127. The predicted molar refractivity (Wildman–Crippen MR) is 83.6 cm³/mol. The minimum absolute atomic E-state index is 0.0291. The topological polar surface area (TPSA) is 49.4 Å². The van der Waals surface area contributed by atoms with Crippen molar-refractivity contribution in [2.45, 2.75) is 47.6 Å². The van der Waals surface area contributed by atoms with Gasteiger partial charge in [0.05, 0.1) is 0 Å². The monoisotopic (exact) mass is 288 g/mol. The number of nitrogens with one attached hydrogen (secondary N) is 1. The largest absolute Gasteiger partial charge is 0.353 e. The summed E-state index contributed by atoms with van der Waals surface area (Å²) in [4.78, 5) is 26.4. The molecule has 1 aliphatic heterocycles. The van der Waals surface area contributed by atoms with Gasteiger partial charge in [0.25, 0.3) is 5.91 Å². The molecule has 2 amide bonds. The van der Waals surface area contributed by atoms with Gasteiger partial charge in [-0.15, -0.1) is 0 Å². The molecule has 1 heterocycles. The fraction of sp³-hybridized carbons (Fsp3) is 0.529. The van der Waals surface area contributed by atoms with Crippen LogP contribution < -0.4 is 5.32 Å². The van der Waals surface area contributed by atoms with Gasteiger partial charge in [0.15, 0.2) is 0 Å². The van der Waals surface area contributed by atoms with Gasteiger partial charge in [-0.05, 0) is 69.4 Å². The Morgan fingerprint density at radius 2 is 1.48 bits per heavy atom. The molecule has 1 aliphatic rings. The fourth-order valence-electron chi connectivity index (χ4n) is 3.02. The summed E-state index contributed by atoms with van der Waals surface area (Å²) in [6.45, 7) is 13.1. The summed E-state index contributed by atoms with van der Waals surface area (Å²) >= 11 is 0. The number of hydrogen-bond donors (Lipinski definition) is 1. The molecule has 0 spiro atoms. The standard InChI is InChI=1S/C17H24N2O2/c1-9-10(2)12(4)15(13(5)11(9)3)17(21)19-8-7-18-16(20)14(19)6/h14H,7-8H2,1-6H3,(H,18,20)/t14-/m1/s1. The molecule has 0 aromatic heterocycles. The Kier molecular flexibility index (Phi) is 4.08. The lowest BCUT2D eigenvalue weighted by atomic mass is 9.88. The molecule has 21 heavy (non-hydrogen) atoms. The normalized spacial score (nSPS) is 18.7. The smallest absolute Gasteiger partial charge is 0.255 e. The van der Waals surface area contributed by atoms with E-state index in [0.29, 0.717) is 13.1 Å². The molecule has 4 nitrogen and oxygen atoms in total. The van der Waals surface area contributed by atoms with Gasteiger partial charge >= 0.3 is 0 Å². The summed E-state index contributed by atoms with van der Waals surface area (Å²) in [5.74, 6) is -0.107. The number of hydrogen-bond acceptors (Lipinski definition) is 2. The summed E-state index contributed by atoms with van der Waals surface area (Å²) < 4.78 is 0. The number of benzene rings is 1. The lowest BCUT2D eigenvalue weighted by Crippen LogP contribution is -2.56. The maximum atomic E-state index is 13.0. The van der Waals surface area contributed by atoms with Crippen LogP contribution in [0, 0.1) is 34.6 Å². The van der Waals surface area contributed by atoms with Crippen LogP contribution in [0.4, 0.5) is 0 Å². The molecule has 1 N–H and O–H groups in total. The van der Waals surface area contributed by atoms with Gasteiger partial charge in [-0.1, -0.05) is 0 Å². The Labute approximate surface area is 126 Å². The van der Waals surface area contributed by atoms with E-state index in [1.165, 1.54) is 5.56 Å². The number of amides is 2. The van der Waals surface area contributed by atoms with Crippen LogP contribution in [0.1, 0.15) is 45.1 Å². The summed E-state index contributed by atoms with van der Waals surface area (Å²) in [5, 5.41) is 2.80. The van der Waals surface area contributed by atoms with E-state index < -0.39 is 6.04 Å². The molecule has 0 radical (unpaired) electrons. The SMILES string of the molecule is Cc1c(C)c(C)c(C(=O)N2CCNC(=O)[C@H]2C)c(C)c1C. The number of piperazine rings is 1. The molecular formula is C17H24N2O2. The highest BCUT2D eigenvalue weighted by Gasteiger charge is 2.32. The first-order chi connectivity index (χ1) is 9.77. The highest BCUT2D eigenvalue weighted by atomic mass is 16.2. The van der Waals surface area contributed by atoms with Crippen LogP contribution in [0.15, 0.2) is 0 Å². The van der Waals surface area contributed by atoms with Crippen molar-refractivity contribution in [2.24, 2.45) is 0 Å². The highest BCUT2D eigenvalue weighted by molar-refractivity contribution is 6.01. The number of nitrogens with zero attached hydrogens (tertiary/aromatic N) is 1. The quantitative estimate of drug-likeness (QED) is 0.861. The molecule has 1 fully saturated rings. The molecule has 0 saturated carbocycles. The van der Waals surface area contributed by atoms with Crippen LogP contribution in [0.25, 0.3) is 0 Å². The van der Waals surface area contributed by atoms with Crippen molar-refractivity contribution in [1.82, 2.24) is 10.2 Å².